The first-order chi connectivity index (χ1) is 14.1. The van der Waals surface area contributed by atoms with Crippen LogP contribution in [0.25, 0.3) is 10.2 Å². The highest BCUT2D eigenvalue weighted by molar-refractivity contribution is 7.92. The summed E-state index contributed by atoms with van der Waals surface area (Å²) in [5.41, 5.74) is 2.63. The van der Waals surface area contributed by atoms with Gasteiger partial charge in [0.15, 0.2) is 15.0 Å². The van der Waals surface area contributed by atoms with Gasteiger partial charge in [-0.15, -0.1) is 12.4 Å². The largest absolute Gasteiger partial charge is 0.308 e. The maximum absolute atomic E-state index is 13.1. The Morgan fingerprint density at radius 3 is 2.29 bits per heavy atom. The minimum atomic E-state index is -3.77. The van der Waals surface area contributed by atoms with Crippen molar-refractivity contribution < 1.29 is 13.2 Å². The molecule has 0 bridgehead atoms. The maximum Gasteiger partial charge on any atom is 0.244 e. The maximum atomic E-state index is 13.1. The van der Waals surface area contributed by atoms with Crippen LogP contribution in [-0.4, -0.2) is 57.1 Å². The Morgan fingerprint density at radius 2 is 1.71 bits per heavy atom. The van der Waals surface area contributed by atoms with E-state index in [-0.39, 0.29) is 17.3 Å². The average Bonchev–Trinajstić information content (AvgIpc) is 3.11. The molecule has 1 amide bonds. The summed E-state index contributed by atoms with van der Waals surface area (Å²) in [7, 11) is 0.0196. The second-order valence-corrected chi connectivity index (χ2v) is 10.8. The van der Waals surface area contributed by atoms with Gasteiger partial charge >= 0.3 is 0 Å². The molecule has 10 heteroatoms. The van der Waals surface area contributed by atoms with Crippen LogP contribution < -0.4 is 4.90 Å². The number of halogens is 2. The normalized spacial score (nSPS) is 11.5. The molecular weight excluding hydrogens is 477 g/mol. The third kappa shape index (κ3) is 5.96. The van der Waals surface area contributed by atoms with Crippen LogP contribution in [-0.2, 0) is 14.6 Å². The molecule has 1 aromatic heterocycles. The van der Waals surface area contributed by atoms with Crippen molar-refractivity contribution >= 4 is 66.4 Å². The van der Waals surface area contributed by atoms with E-state index in [0.717, 1.165) is 21.3 Å². The van der Waals surface area contributed by atoms with Gasteiger partial charge in [-0.05, 0) is 51.7 Å². The van der Waals surface area contributed by atoms with Crippen LogP contribution in [0, 0.1) is 13.8 Å². The molecule has 0 saturated carbocycles. The molecule has 1 heterocycles. The minimum Gasteiger partial charge on any atom is -0.308 e. The van der Waals surface area contributed by atoms with Crippen LogP contribution in [0.5, 0.6) is 0 Å². The predicted octanol–water partition coefficient (Wildman–Crippen LogP) is 4.36. The lowest BCUT2D eigenvalue weighted by molar-refractivity contribution is -0.116. The zero-order chi connectivity index (χ0) is 22.1. The number of nitrogens with zero attached hydrogens (tertiary/aromatic N) is 3. The van der Waals surface area contributed by atoms with E-state index in [4.69, 9.17) is 11.6 Å². The Labute approximate surface area is 198 Å². The molecule has 31 heavy (non-hydrogen) atoms. The molecule has 0 spiro atoms. The number of rotatable bonds is 7. The monoisotopic (exact) mass is 501 g/mol. The summed E-state index contributed by atoms with van der Waals surface area (Å²) < 4.78 is 26.4. The first-order valence-electron chi connectivity index (χ1n) is 9.38. The molecule has 0 aliphatic carbocycles. The van der Waals surface area contributed by atoms with E-state index in [0.29, 0.717) is 23.2 Å². The highest BCUT2D eigenvalue weighted by Crippen LogP contribution is 2.35. The number of carbonyl (C=O) groups is 1. The molecule has 3 aromatic rings. The van der Waals surface area contributed by atoms with Gasteiger partial charge < -0.3 is 4.90 Å². The quantitative estimate of drug-likeness (QED) is 0.480. The lowest BCUT2D eigenvalue weighted by Gasteiger charge is -2.22. The number of aromatic nitrogens is 1. The number of amides is 1. The molecule has 0 aliphatic heterocycles. The van der Waals surface area contributed by atoms with Gasteiger partial charge in [0.1, 0.15) is 5.75 Å². The van der Waals surface area contributed by atoms with Crippen LogP contribution in [0.4, 0.5) is 5.13 Å². The van der Waals surface area contributed by atoms with Crippen molar-refractivity contribution in [2.45, 2.75) is 18.7 Å². The number of carbonyl (C=O) groups excluding carboxylic acids is 1. The van der Waals surface area contributed by atoms with Crippen molar-refractivity contribution in [3.05, 3.63) is 52.5 Å². The molecule has 0 aliphatic rings. The van der Waals surface area contributed by atoms with Crippen LogP contribution in [0.2, 0.25) is 5.02 Å². The summed E-state index contributed by atoms with van der Waals surface area (Å²) in [5.74, 6) is -1.13. The smallest absolute Gasteiger partial charge is 0.244 e. The average molecular weight is 502 g/mol. The van der Waals surface area contributed by atoms with E-state index in [1.54, 1.807) is 18.2 Å². The van der Waals surface area contributed by atoms with Gasteiger partial charge in [-0.2, -0.15) is 0 Å². The van der Waals surface area contributed by atoms with Gasteiger partial charge in [-0.1, -0.05) is 46.7 Å². The van der Waals surface area contributed by atoms with Crippen molar-refractivity contribution in [1.82, 2.24) is 9.88 Å². The summed E-state index contributed by atoms with van der Waals surface area (Å²) in [4.78, 5) is 21.3. The van der Waals surface area contributed by atoms with Gasteiger partial charge in [-0.25, -0.2) is 13.4 Å². The Kier molecular flexibility index (Phi) is 8.47. The first-order valence-corrected chi connectivity index (χ1v) is 12.2. The van der Waals surface area contributed by atoms with Crippen molar-refractivity contribution in [1.29, 1.82) is 0 Å². The summed E-state index contributed by atoms with van der Waals surface area (Å²) >= 11 is 7.61. The highest BCUT2D eigenvalue weighted by atomic mass is 35.5. The molecule has 0 fully saturated rings. The van der Waals surface area contributed by atoms with E-state index in [1.165, 1.54) is 28.4 Å². The third-order valence-electron chi connectivity index (χ3n) is 4.68. The number of fused-ring (bicyclic) bond motifs is 1. The molecule has 0 radical (unpaired) electrons. The zero-order valence-electron chi connectivity index (χ0n) is 17.8. The highest BCUT2D eigenvalue weighted by Gasteiger charge is 2.27. The fraction of sp³-hybridized carbons (Fsp3) is 0.333. The van der Waals surface area contributed by atoms with E-state index >= 15 is 0 Å². The topological polar surface area (TPSA) is 70.6 Å². The van der Waals surface area contributed by atoms with Crippen LogP contribution in [0.3, 0.4) is 0 Å². The van der Waals surface area contributed by atoms with Gasteiger partial charge in [0.2, 0.25) is 5.91 Å². The van der Waals surface area contributed by atoms with Gasteiger partial charge in [0, 0.05) is 13.1 Å². The molecule has 0 unspecified atom stereocenters. The SMILES string of the molecule is Cc1ccc(S(=O)(=O)CC(=O)N(CCN(C)C)c2nc3c(C)ccc(Cl)c3s2)cc1.Cl. The molecular formula is C21H25Cl2N3O3S2. The number of hydrogen-bond donors (Lipinski definition) is 0. The molecule has 0 saturated heterocycles. The molecule has 6 nitrogen and oxygen atoms in total. The number of likely N-dealkylation sites (N-methyl/N-ethyl adjacent to an activating group) is 1. The van der Waals surface area contributed by atoms with Gasteiger partial charge in [-0.3, -0.25) is 9.69 Å². The number of sulfone groups is 1. The fourth-order valence-corrected chi connectivity index (χ4v) is 5.46. The number of aryl methyl sites for hydroxylation is 2. The number of hydrogen-bond acceptors (Lipinski definition) is 6. The van der Waals surface area contributed by atoms with Crippen LogP contribution in [0.1, 0.15) is 11.1 Å². The molecule has 3 rings (SSSR count). The fourth-order valence-electron chi connectivity index (χ4n) is 2.90. The van der Waals surface area contributed by atoms with Crippen molar-refractivity contribution in [3.8, 4) is 0 Å². The first kappa shape index (κ1) is 25.5. The van der Waals surface area contributed by atoms with Crippen LogP contribution >= 0.6 is 35.3 Å². The summed E-state index contributed by atoms with van der Waals surface area (Å²) in [6.45, 7) is 4.70. The Morgan fingerprint density at radius 1 is 1.06 bits per heavy atom. The summed E-state index contributed by atoms with van der Waals surface area (Å²) in [5, 5.41) is 1.01. The number of thiazole rings is 1. The van der Waals surface area contributed by atoms with E-state index in [9.17, 15) is 13.2 Å². The molecule has 0 N–H and O–H groups in total. The second-order valence-electron chi connectivity index (χ2n) is 7.46. The van der Waals surface area contributed by atoms with Gasteiger partial charge in [0.25, 0.3) is 0 Å². The second kappa shape index (κ2) is 10.3. The van der Waals surface area contributed by atoms with E-state index < -0.39 is 21.5 Å². The van der Waals surface area contributed by atoms with Crippen molar-refractivity contribution in [2.75, 3.05) is 37.8 Å². The lowest BCUT2D eigenvalue weighted by Crippen LogP contribution is -2.40. The van der Waals surface area contributed by atoms with Gasteiger partial charge in [0.05, 0.1) is 20.1 Å². The van der Waals surface area contributed by atoms with Crippen molar-refractivity contribution in [2.24, 2.45) is 0 Å². The Balaban J connectivity index is 0.00000341. The Bertz CT molecular complexity index is 1140. The third-order valence-corrected chi connectivity index (χ3v) is 7.84. The predicted molar refractivity (Wildman–Crippen MR) is 131 cm³/mol. The molecule has 168 valence electrons. The Hall–Kier alpha value is -1.71. The number of benzene rings is 2. The van der Waals surface area contributed by atoms with E-state index in [2.05, 4.69) is 4.98 Å². The van der Waals surface area contributed by atoms with E-state index in [1.807, 2.05) is 38.9 Å². The van der Waals surface area contributed by atoms with Crippen molar-refractivity contribution in [3.63, 3.8) is 0 Å². The molecule has 2 aromatic carbocycles. The summed E-state index contributed by atoms with van der Waals surface area (Å²) in [6.07, 6.45) is 0. The number of anilines is 1. The minimum absolute atomic E-state index is 0. The molecule has 0 atom stereocenters. The zero-order valence-corrected chi connectivity index (χ0v) is 21.0. The summed E-state index contributed by atoms with van der Waals surface area (Å²) in [6, 6.07) is 10.2. The standard InChI is InChI=1S/C21H24ClN3O3S2.ClH/c1-14-5-8-16(9-6-14)30(27,28)13-18(26)25(12-11-24(3)4)21-23-19-15(2)7-10-17(22)20(19)29-21;/h5-10H,11-13H2,1-4H3;1H. The van der Waals surface area contributed by atoms with Crippen LogP contribution in [0.15, 0.2) is 41.3 Å². The lowest BCUT2D eigenvalue weighted by atomic mass is 10.2.